The lowest BCUT2D eigenvalue weighted by Crippen LogP contribution is -2.18. The van der Waals surface area contributed by atoms with Crippen LogP contribution in [0.2, 0.25) is 0 Å². The number of hydrogen-bond donors (Lipinski definition) is 1. The van der Waals surface area contributed by atoms with E-state index in [-0.39, 0.29) is 0 Å². The molecule has 0 radical (unpaired) electrons. The number of benzene rings is 1. The molecule has 0 aliphatic heterocycles. The highest BCUT2D eigenvalue weighted by atomic mass is 79.9. The van der Waals surface area contributed by atoms with Gasteiger partial charge in [-0.3, -0.25) is 4.79 Å². The largest absolute Gasteiger partial charge is 0.324 e. The fourth-order valence-electron chi connectivity index (χ4n) is 0.919. The molecule has 1 aromatic carbocycles. The summed E-state index contributed by atoms with van der Waals surface area (Å²) >= 11 is 14.1. The molecule has 0 fully saturated rings. The Balaban J connectivity index is 2.78. The number of hydrogen-bond acceptors (Lipinski definition) is 1. The lowest BCUT2D eigenvalue weighted by Gasteiger charge is -2.06. The van der Waals surface area contributed by atoms with E-state index in [4.69, 9.17) is 23.2 Å². The molecule has 0 unspecified atom stereocenters. The lowest BCUT2D eigenvalue weighted by atomic mass is 10.2. The molecule has 1 N–H and O–H groups in total. The van der Waals surface area contributed by atoms with Gasteiger partial charge in [-0.1, -0.05) is 39.1 Å². The van der Waals surface area contributed by atoms with Crippen LogP contribution in [0.1, 0.15) is 5.56 Å². The van der Waals surface area contributed by atoms with E-state index < -0.39 is 10.7 Å². The SMILES string of the molecule is Cc1cc(NC(=O)C(Cl)Cl)ccc1Br. The Morgan fingerprint density at radius 1 is 1.50 bits per heavy atom. The van der Waals surface area contributed by atoms with Gasteiger partial charge in [-0.2, -0.15) is 0 Å². The molecule has 0 aromatic heterocycles. The van der Waals surface area contributed by atoms with Gasteiger partial charge < -0.3 is 5.32 Å². The molecule has 14 heavy (non-hydrogen) atoms. The Morgan fingerprint density at radius 3 is 2.64 bits per heavy atom. The second-order valence-corrected chi connectivity index (χ2v) is 4.70. The van der Waals surface area contributed by atoms with E-state index in [0.29, 0.717) is 5.69 Å². The van der Waals surface area contributed by atoms with Gasteiger partial charge in [0.25, 0.3) is 5.91 Å². The van der Waals surface area contributed by atoms with E-state index in [9.17, 15) is 4.79 Å². The number of aryl methyl sites for hydroxylation is 1. The Morgan fingerprint density at radius 2 is 2.14 bits per heavy atom. The standard InChI is InChI=1S/C9H8BrCl2NO/c1-5-4-6(2-3-7(5)10)13-9(14)8(11)12/h2-4,8H,1H3,(H,13,14). The third kappa shape index (κ3) is 3.15. The summed E-state index contributed by atoms with van der Waals surface area (Å²) in [5.74, 6) is -0.421. The predicted octanol–water partition coefficient (Wildman–Crippen LogP) is 3.50. The van der Waals surface area contributed by atoms with Gasteiger partial charge in [-0.15, -0.1) is 0 Å². The first-order valence-electron chi connectivity index (χ1n) is 3.86. The second-order valence-electron chi connectivity index (χ2n) is 2.75. The Kier molecular flexibility index (Phi) is 4.23. The van der Waals surface area contributed by atoms with Crippen LogP contribution < -0.4 is 5.32 Å². The van der Waals surface area contributed by atoms with Crippen LogP contribution in [0.15, 0.2) is 22.7 Å². The molecule has 5 heteroatoms. The van der Waals surface area contributed by atoms with Gasteiger partial charge in [0, 0.05) is 10.2 Å². The van der Waals surface area contributed by atoms with Crippen LogP contribution in [-0.2, 0) is 4.79 Å². The highest BCUT2D eigenvalue weighted by molar-refractivity contribution is 9.10. The minimum absolute atomic E-state index is 0.421. The zero-order valence-corrected chi connectivity index (χ0v) is 10.4. The monoisotopic (exact) mass is 295 g/mol. The maximum atomic E-state index is 11.1. The summed E-state index contributed by atoms with van der Waals surface area (Å²) in [6, 6.07) is 5.45. The summed E-state index contributed by atoms with van der Waals surface area (Å²) in [6.07, 6.45) is 0. The smallest absolute Gasteiger partial charge is 0.257 e. The number of rotatable bonds is 2. The van der Waals surface area contributed by atoms with Crippen LogP contribution in [-0.4, -0.2) is 10.7 Å². The molecular weight excluding hydrogens is 289 g/mol. The molecule has 0 saturated heterocycles. The van der Waals surface area contributed by atoms with Gasteiger partial charge in [0.15, 0.2) is 4.84 Å². The molecule has 0 saturated carbocycles. The molecule has 0 atom stereocenters. The maximum Gasteiger partial charge on any atom is 0.257 e. The maximum absolute atomic E-state index is 11.1. The van der Waals surface area contributed by atoms with Crippen molar-refractivity contribution in [2.75, 3.05) is 5.32 Å². The van der Waals surface area contributed by atoms with Crippen molar-refractivity contribution < 1.29 is 4.79 Å². The summed E-state index contributed by atoms with van der Waals surface area (Å²) in [5.41, 5.74) is 1.71. The second kappa shape index (κ2) is 5.01. The summed E-state index contributed by atoms with van der Waals surface area (Å²) < 4.78 is 0.990. The van der Waals surface area contributed by atoms with E-state index in [1.165, 1.54) is 0 Å². The Hall–Kier alpha value is -0.250. The zero-order chi connectivity index (χ0) is 10.7. The highest BCUT2D eigenvalue weighted by Gasteiger charge is 2.11. The van der Waals surface area contributed by atoms with E-state index >= 15 is 0 Å². The van der Waals surface area contributed by atoms with Crippen LogP contribution in [0.3, 0.4) is 0 Å². The van der Waals surface area contributed by atoms with Crippen molar-refractivity contribution in [1.29, 1.82) is 0 Å². The lowest BCUT2D eigenvalue weighted by molar-refractivity contribution is -0.114. The van der Waals surface area contributed by atoms with Crippen molar-refractivity contribution in [2.45, 2.75) is 11.8 Å². The van der Waals surface area contributed by atoms with Gasteiger partial charge in [0.05, 0.1) is 0 Å². The van der Waals surface area contributed by atoms with E-state index in [0.717, 1.165) is 10.0 Å². The number of halogens is 3. The van der Waals surface area contributed by atoms with Crippen molar-refractivity contribution in [3.8, 4) is 0 Å². The third-order valence-corrected chi connectivity index (χ3v) is 2.91. The molecule has 1 rings (SSSR count). The normalized spacial score (nSPS) is 10.4. The van der Waals surface area contributed by atoms with Crippen molar-refractivity contribution in [2.24, 2.45) is 0 Å². The number of anilines is 1. The molecular formula is C9H8BrCl2NO. The van der Waals surface area contributed by atoms with Crippen molar-refractivity contribution in [3.05, 3.63) is 28.2 Å². The van der Waals surface area contributed by atoms with Crippen LogP contribution in [0.4, 0.5) is 5.69 Å². The Labute approximate surface area is 101 Å². The number of alkyl halides is 2. The summed E-state index contributed by atoms with van der Waals surface area (Å²) in [4.78, 5) is 10.1. The Bertz CT molecular complexity index is 355. The third-order valence-electron chi connectivity index (χ3n) is 1.62. The molecule has 0 heterocycles. The van der Waals surface area contributed by atoms with Crippen LogP contribution in [0.5, 0.6) is 0 Å². The summed E-state index contributed by atoms with van der Waals surface area (Å²) in [5, 5.41) is 2.59. The molecule has 0 bridgehead atoms. The minimum Gasteiger partial charge on any atom is -0.324 e. The minimum atomic E-state index is -1.04. The molecule has 1 aromatic rings. The zero-order valence-electron chi connectivity index (χ0n) is 7.35. The van der Waals surface area contributed by atoms with Crippen LogP contribution in [0.25, 0.3) is 0 Å². The fourth-order valence-corrected chi connectivity index (χ4v) is 1.27. The molecule has 1 amide bonds. The first-order valence-corrected chi connectivity index (χ1v) is 5.52. The molecule has 76 valence electrons. The fraction of sp³-hybridized carbons (Fsp3) is 0.222. The number of amides is 1. The molecule has 0 aliphatic carbocycles. The first-order chi connectivity index (χ1) is 6.50. The van der Waals surface area contributed by atoms with Crippen molar-refractivity contribution in [1.82, 2.24) is 0 Å². The van der Waals surface area contributed by atoms with Gasteiger partial charge in [-0.05, 0) is 30.7 Å². The highest BCUT2D eigenvalue weighted by Crippen LogP contribution is 2.20. The quantitative estimate of drug-likeness (QED) is 0.832. The van der Waals surface area contributed by atoms with Crippen LogP contribution >= 0.6 is 39.1 Å². The summed E-state index contributed by atoms with van der Waals surface area (Å²) in [6.45, 7) is 1.93. The number of carbonyl (C=O) groups is 1. The predicted molar refractivity (Wildman–Crippen MR) is 63.0 cm³/mol. The van der Waals surface area contributed by atoms with Gasteiger partial charge in [0.2, 0.25) is 0 Å². The van der Waals surface area contributed by atoms with Gasteiger partial charge >= 0.3 is 0 Å². The van der Waals surface area contributed by atoms with E-state index in [2.05, 4.69) is 21.2 Å². The van der Waals surface area contributed by atoms with Crippen molar-refractivity contribution >= 4 is 50.7 Å². The van der Waals surface area contributed by atoms with Crippen LogP contribution in [0, 0.1) is 6.92 Å². The first kappa shape index (κ1) is 11.8. The topological polar surface area (TPSA) is 29.1 Å². The van der Waals surface area contributed by atoms with Gasteiger partial charge in [0.1, 0.15) is 0 Å². The molecule has 2 nitrogen and oxygen atoms in total. The van der Waals surface area contributed by atoms with E-state index in [1.807, 2.05) is 19.1 Å². The number of carbonyl (C=O) groups excluding carboxylic acids is 1. The molecule has 0 aliphatic rings. The van der Waals surface area contributed by atoms with Gasteiger partial charge in [-0.25, -0.2) is 0 Å². The molecule has 0 spiro atoms. The summed E-state index contributed by atoms with van der Waals surface area (Å²) in [7, 11) is 0. The number of nitrogens with one attached hydrogen (secondary N) is 1. The van der Waals surface area contributed by atoms with Crippen molar-refractivity contribution in [3.63, 3.8) is 0 Å². The average molecular weight is 297 g/mol. The van der Waals surface area contributed by atoms with E-state index in [1.54, 1.807) is 6.07 Å². The average Bonchev–Trinajstić information content (AvgIpc) is 2.11.